The molecule has 2 aromatic rings. The van der Waals surface area contributed by atoms with Gasteiger partial charge in [0.2, 0.25) is 0 Å². The van der Waals surface area contributed by atoms with Crippen molar-refractivity contribution < 1.29 is 4.79 Å². The molecule has 1 aromatic heterocycles. The van der Waals surface area contributed by atoms with Crippen LogP contribution in [0.2, 0.25) is 0 Å². The summed E-state index contributed by atoms with van der Waals surface area (Å²) in [6.45, 7) is 4.45. The van der Waals surface area contributed by atoms with Crippen molar-refractivity contribution in [1.29, 1.82) is 0 Å². The number of aryl methyl sites for hydroxylation is 2. The zero-order valence-corrected chi connectivity index (χ0v) is 12.8. The largest absolute Gasteiger partial charge is 0.347 e. The molecule has 19 heavy (non-hydrogen) atoms. The summed E-state index contributed by atoms with van der Waals surface area (Å²) in [5, 5.41) is 3.96. The summed E-state index contributed by atoms with van der Waals surface area (Å²) in [4.78, 5) is 18.5. The molecule has 0 aliphatic rings. The van der Waals surface area contributed by atoms with Crippen LogP contribution in [0.15, 0.2) is 29.3 Å². The fourth-order valence-corrected chi connectivity index (χ4v) is 2.90. The molecule has 0 unspecified atom stereocenters. The lowest BCUT2D eigenvalue weighted by Gasteiger charge is -2.08. The summed E-state index contributed by atoms with van der Waals surface area (Å²) in [6, 6.07) is 5.95. The first-order valence-electron chi connectivity index (χ1n) is 5.94. The number of nitrogens with one attached hydrogen (secondary N) is 1. The molecule has 0 atom stereocenters. The van der Waals surface area contributed by atoms with Gasteiger partial charge in [-0.3, -0.25) is 4.79 Å². The lowest BCUT2D eigenvalue weighted by atomic mass is 10.1. The van der Waals surface area contributed by atoms with Crippen LogP contribution in [-0.4, -0.2) is 17.1 Å². The molecule has 1 aromatic carbocycles. The van der Waals surface area contributed by atoms with E-state index in [1.807, 2.05) is 44.5 Å². The van der Waals surface area contributed by atoms with E-state index in [4.69, 9.17) is 0 Å². The van der Waals surface area contributed by atoms with Crippen molar-refractivity contribution in [2.75, 3.05) is 6.26 Å². The second-order valence-electron chi connectivity index (χ2n) is 4.21. The first-order chi connectivity index (χ1) is 9.10. The fourth-order valence-electron chi connectivity index (χ4n) is 1.72. The third-order valence-corrected chi connectivity index (χ3v) is 4.42. The average molecular weight is 292 g/mol. The van der Waals surface area contributed by atoms with Gasteiger partial charge < -0.3 is 5.32 Å². The van der Waals surface area contributed by atoms with E-state index in [1.165, 1.54) is 0 Å². The molecule has 1 N–H and O–H groups in total. The Morgan fingerprint density at radius 2 is 2.21 bits per heavy atom. The number of benzene rings is 1. The van der Waals surface area contributed by atoms with Crippen LogP contribution in [0.1, 0.15) is 25.8 Å². The number of thiazole rings is 1. The number of thioether (sulfide) groups is 1. The molecule has 1 heterocycles. The minimum atomic E-state index is -0.0283. The molecule has 2 rings (SSSR count). The first kappa shape index (κ1) is 14.1. The zero-order valence-electron chi connectivity index (χ0n) is 11.2. The molecule has 0 bridgehead atoms. The Labute approximate surface area is 121 Å². The molecule has 0 fully saturated rings. The highest BCUT2D eigenvalue weighted by Gasteiger charge is 2.10. The molecule has 0 saturated carbocycles. The van der Waals surface area contributed by atoms with Gasteiger partial charge in [0.15, 0.2) is 0 Å². The predicted octanol–water partition coefficient (Wildman–Crippen LogP) is 3.41. The smallest absolute Gasteiger partial charge is 0.251 e. The van der Waals surface area contributed by atoms with E-state index in [0.717, 1.165) is 25.9 Å². The van der Waals surface area contributed by atoms with Crippen LogP contribution in [0.5, 0.6) is 0 Å². The van der Waals surface area contributed by atoms with Crippen molar-refractivity contribution in [3.63, 3.8) is 0 Å². The highest BCUT2D eigenvalue weighted by Crippen LogP contribution is 2.19. The molecule has 3 nitrogen and oxygen atoms in total. The zero-order chi connectivity index (χ0) is 13.8. The maximum Gasteiger partial charge on any atom is 0.251 e. The Morgan fingerprint density at radius 1 is 1.42 bits per heavy atom. The number of amides is 1. The standard InChI is InChI=1S/C14H16N2OS2/c1-9-4-5-11(18-3)6-13(9)14(17)16-8-12-7-15-10(2)19-12/h4-7H,8H2,1-3H3,(H,16,17). The quantitative estimate of drug-likeness (QED) is 0.878. The molecule has 5 heteroatoms. The van der Waals surface area contributed by atoms with Gasteiger partial charge in [-0.2, -0.15) is 0 Å². The minimum absolute atomic E-state index is 0.0283. The Balaban J connectivity index is 2.07. The van der Waals surface area contributed by atoms with Crippen LogP contribution in [0, 0.1) is 13.8 Å². The third-order valence-electron chi connectivity index (χ3n) is 2.78. The van der Waals surface area contributed by atoms with Crippen LogP contribution >= 0.6 is 23.1 Å². The highest BCUT2D eigenvalue weighted by atomic mass is 32.2. The third kappa shape index (κ3) is 3.58. The second kappa shape index (κ2) is 6.21. The molecular formula is C14H16N2OS2. The number of hydrogen-bond acceptors (Lipinski definition) is 4. The van der Waals surface area contributed by atoms with Crippen LogP contribution in [0.4, 0.5) is 0 Å². The van der Waals surface area contributed by atoms with E-state index in [2.05, 4.69) is 10.3 Å². The lowest BCUT2D eigenvalue weighted by molar-refractivity contribution is 0.0950. The van der Waals surface area contributed by atoms with Gasteiger partial charge >= 0.3 is 0 Å². The van der Waals surface area contributed by atoms with Crippen molar-refractivity contribution in [3.05, 3.63) is 45.4 Å². The number of carbonyl (C=O) groups excluding carboxylic acids is 1. The molecule has 0 aliphatic carbocycles. The summed E-state index contributed by atoms with van der Waals surface area (Å²) in [6.07, 6.45) is 3.82. The Kier molecular flexibility index (Phi) is 4.61. The summed E-state index contributed by atoms with van der Waals surface area (Å²) < 4.78 is 0. The molecule has 100 valence electrons. The number of rotatable bonds is 4. The number of carbonyl (C=O) groups is 1. The summed E-state index contributed by atoms with van der Waals surface area (Å²) in [7, 11) is 0. The van der Waals surface area contributed by atoms with Gasteiger partial charge in [0, 0.05) is 21.5 Å². The highest BCUT2D eigenvalue weighted by molar-refractivity contribution is 7.98. The van der Waals surface area contributed by atoms with Gasteiger partial charge in [0.1, 0.15) is 0 Å². The van der Waals surface area contributed by atoms with Crippen molar-refractivity contribution in [3.8, 4) is 0 Å². The maximum atomic E-state index is 12.2. The van der Waals surface area contributed by atoms with E-state index < -0.39 is 0 Å². The minimum Gasteiger partial charge on any atom is -0.347 e. The summed E-state index contributed by atoms with van der Waals surface area (Å²) in [5.74, 6) is -0.0283. The Bertz CT molecular complexity index is 593. The van der Waals surface area contributed by atoms with Gasteiger partial charge in [-0.05, 0) is 37.8 Å². The molecule has 0 spiro atoms. The van der Waals surface area contributed by atoms with Gasteiger partial charge in [0.25, 0.3) is 5.91 Å². The van der Waals surface area contributed by atoms with Gasteiger partial charge in [-0.25, -0.2) is 4.98 Å². The predicted molar refractivity (Wildman–Crippen MR) is 81.0 cm³/mol. The number of nitrogens with zero attached hydrogens (tertiary/aromatic N) is 1. The normalized spacial score (nSPS) is 10.5. The topological polar surface area (TPSA) is 42.0 Å². The Hall–Kier alpha value is -1.33. The lowest BCUT2D eigenvalue weighted by Crippen LogP contribution is -2.23. The number of aromatic nitrogens is 1. The van der Waals surface area contributed by atoms with Crippen molar-refractivity contribution in [2.24, 2.45) is 0 Å². The SMILES string of the molecule is CSc1ccc(C)c(C(=O)NCc2cnc(C)s2)c1. The van der Waals surface area contributed by atoms with Gasteiger partial charge in [-0.1, -0.05) is 6.07 Å². The van der Waals surface area contributed by atoms with Crippen LogP contribution in [0.3, 0.4) is 0 Å². The van der Waals surface area contributed by atoms with Crippen molar-refractivity contribution >= 4 is 29.0 Å². The van der Waals surface area contributed by atoms with Crippen LogP contribution < -0.4 is 5.32 Å². The number of hydrogen-bond donors (Lipinski definition) is 1. The fraction of sp³-hybridized carbons (Fsp3) is 0.286. The summed E-state index contributed by atoms with van der Waals surface area (Å²) >= 11 is 3.25. The van der Waals surface area contributed by atoms with E-state index in [9.17, 15) is 4.79 Å². The molecular weight excluding hydrogens is 276 g/mol. The Morgan fingerprint density at radius 3 is 2.84 bits per heavy atom. The monoisotopic (exact) mass is 292 g/mol. The summed E-state index contributed by atoms with van der Waals surface area (Å²) in [5.41, 5.74) is 1.74. The average Bonchev–Trinajstić information content (AvgIpc) is 2.82. The van der Waals surface area contributed by atoms with E-state index in [0.29, 0.717) is 6.54 Å². The van der Waals surface area contributed by atoms with Crippen LogP contribution in [-0.2, 0) is 6.54 Å². The maximum absolute atomic E-state index is 12.2. The first-order valence-corrected chi connectivity index (χ1v) is 7.98. The van der Waals surface area contributed by atoms with Crippen molar-refractivity contribution in [1.82, 2.24) is 10.3 Å². The molecule has 0 radical (unpaired) electrons. The molecule has 0 aliphatic heterocycles. The second-order valence-corrected chi connectivity index (χ2v) is 6.41. The van der Waals surface area contributed by atoms with E-state index >= 15 is 0 Å². The van der Waals surface area contributed by atoms with Gasteiger partial charge in [-0.15, -0.1) is 23.1 Å². The van der Waals surface area contributed by atoms with E-state index in [1.54, 1.807) is 23.1 Å². The van der Waals surface area contributed by atoms with E-state index in [-0.39, 0.29) is 5.91 Å². The molecule has 1 amide bonds. The van der Waals surface area contributed by atoms with Crippen LogP contribution in [0.25, 0.3) is 0 Å². The van der Waals surface area contributed by atoms with Crippen molar-refractivity contribution in [2.45, 2.75) is 25.3 Å². The molecule has 0 saturated heterocycles. The van der Waals surface area contributed by atoms with Gasteiger partial charge in [0.05, 0.1) is 11.6 Å².